The minimum Gasteiger partial charge on any atom is -0.396 e. The fourth-order valence-corrected chi connectivity index (χ4v) is 2.38. The fourth-order valence-electron chi connectivity index (χ4n) is 1.82. The Labute approximate surface area is 136 Å². The van der Waals surface area contributed by atoms with Gasteiger partial charge in [0.2, 0.25) is 0 Å². The van der Waals surface area contributed by atoms with Crippen molar-refractivity contribution in [3.8, 4) is 0 Å². The maximum absolute atomic E-state index is 9.38. The van der Waals surface area contributed by atoms with Crippen LogP contribution in [-0.4, -0.2) is 30.9 Å². The molecule has 4 nitrogen and oxygen atoms in total. The molecular formula is C14H22Cl2O4S. The van der Waals surface area contributed by atoms with Gasteiger partial charge < -0.3 is 5.11 Å². The lowest BCUT2D eigenvalue weighted by Crippen LogP contribution is -2.05. The van der Waals surface area contributed by atoms with Crippen molar-refractivity contribution in [2.75, 3.05) is 12.9 Å². The van der Waals surface area contributed by atoms with E-state index < -0.39 is 10.1 Å². The Morgan fingerprint density at radius 3 is 2.24 bits per heavy atom. The number of halogens is 2. The summed E-state index contributed by atoms with van der Waals surface area (Å²) in [5.41, 5.74) is 1.00. The van der Waals surface area contributed by atoms with Gasteiger partial charge in [-0.15, -0.1) is 0 Å². The van der Waals surface area contributed by atoms with E-state index in [2.05, 4.69) is 6.92 Å². The zero-order valence-corrected chi connectivity index (χ0v) is 14.5. The van der Waals surface area contributed by atoms with Crippen LogP contribution in [0.4, 0.5) is 0 Å². The van der Waals surface area contributed by atoms with E-state index in [1.807, 2.05) is 12.1 Å². The van der Waals surface area contributed by atoms with Crippen LogP contribution in [0.25, 0.3) is 0 Å². The first kappa shape index (κ1) is 20.7. The molecule has 2 N–H and O–H groups in total. The predicted molar refractivity (Wildman–Crippen MR) is 87.9 cm³/mol. The molecule has 0 radical (unpaired) electrons. The van der Waals surface area contributed by atoms with E-state index in [1.54, 1.807) is 6.07 Å². The molecule has 0 heterocycles. The van der Waals surface area contributed by atoms with E-state index in [0.29, 0.717) is 16.3 Å². The molecule has 1 atom stereocenters. The molecule has 0 aliphatic rings. The number of benzene rings is 1. The topological polar surface area (TPSA) is 74.6 Å². The third kappa shape index (κ3) is 11.0. The highest BCUT2D eigenvalue weighted by atomic mass is 35.5. The predicted octanol–water partition coefficient (Wildman–Crippen LogP) is 4.15. The van der Waals surface area contributed by atoms with Gasteiger partial charge in [0.25, 0.3) is 10.1 Å². The van der Waals surface area contributed by atoms with Gasteiger partial charge in [-0.05, 0) is 24.1 Å². The van der Waals surface area contributed by atoms with Crippen molar-refractivity contribution in [3.05, 3.63) is 33.8 Å². The molecule has 0 saturated heterocycles. The molecule has 0 aromatic heterocycles. The van der Waals surface area contributed by atoms with Gasteiger partial charge >= 0.3 is 0 Å². The Balaban J connectivity index is 0.000000690. The largest absolute Gasteiger partial charge is 0.396 e. The number of hydrogen-bond donors (Lipinski definition) is 2. The van der Waals surface area contributed by atoms with E-state index in [4.69, 9.17) is 27.8 Å². The molecule has 0 bridgehead atoms. The van der Waals surface area contributed by atoms with Crippen molar-refractivity contribution < 1.29 is 18.1 Å². The Morgan fingerprint density at radius 1 is 1.24 bits per heavy atom. The lowest BCUT2D eigenvalue weighted by Gasteiger charge is -2.16. The van der Waals surface area contributed by atoms with Gasteiger partial charge in [0.1, 0.15) is 0 Å². The van der Waals surface area contributed by atoms with Gasteiger partial charge in [0, 0.05) is 22.6 Å². The minimum absolute atomic E-state index is 0.135. The van der Waals surface area contributed by atoms with Crippen LogP contribution in [0.15, 0.2) is 18.2 Å². The van der Waals surface area contributed by atoms with E-state index >= 15 is 0 Å². The molecule has 1 rings (SSSR count). The van der Waals surface area contributed by atoms with Crippen LogP contribution >= 0.6 is 23.2 Å². The summed E-state index contributed by atoms with van der Waals surface area (Å²) >= 11 is 12.0. The van der Waals surface area contributed by atoms with Gasteiger partial charge in [-0.3, -0.25) is 4.55 Å². The second-order valence-electron chi connectivity index (χ2n) is 4.77. The second-order valence-corrected chi connectivity index (χ2v) is 7.08. The van der Waals surface area contributed by atoms with Gasteiger partial charge in [0.05, 0.1) is 6.26 Å². The van der Waals surface area contributed by atoms with Crippen LogP contribution in [0, 0.1) is 0 Å². The van der Waals surface area contributed by atoms with Crippen molar-refractivity contribution in [2.45, 2.75) is 38.5 Å². The van der Waals surface area contributed by atoms with Gasteiger partial charge in [0.15, 0.2) is 0 Å². The van der Waals surface area contributed by atoms with Crippen LogP contribution in [0.1, 0.15) is 44.1 Å². The first-order valence-corrected chi connectivity index (χ1v) is 9.27. The van der Waals surface area contributed by atoms with Crippen molar-refractivity contribution >= 4 is 33.3 Å². The Bertz CT molecular complexity index is 510. The lowest BCUT2D eigenvalue weighted by atomic mass is 9.94. The van der Waals surface area contributed by atoms with Gasteiger partial charge in [-0.1, -0.05) is 55.5 Å². The van der Waals surface area contributed by atoms with Crippen LogP contribution in [-0.2, 0) is 10.1 Å². The number of aliphatic hydroxyl groups is 1. The van der Waals surface area contributed by atoms with Crippen LogP contribution in [0.2, 0.25) is 10.0 Å². The number of aliphatic hydroxyl groups excluding tert-OH is 1. The van der Waals surface area contributed by atoms with E-state index in [-0.39, 0.29) is 12.5 Å². The molecular weight excluding hydrogens is 335 g/mol. The van der Waals surface area contributed by atoms with Crippen molar-refractivity contribution in [3.63, 3.8) is 0 Å². The highest BCUT2D eigenvalue weighted by molar-refractivity contribution is 7.85. The average molecular weight is 357 g/mol. The Morgan fingerprint density at radius 2 is 1.81 bits per heavy atom. The summed E-state index contributed by atoms with van der Waals surface area (Å²) in [7, 11) is -3.67. The third-order valence-corrected chi connectivity index (χ3v) is 3.34. The average Bonchev–Trinajstić information content (AvgIpc) is 2.34. The van der Waals surface area contributed by atoms with Crippen molar-refractivity contribution in [2.24, 2.45) is 0 Å². The molecule has 0 saturated carbocycles. The summed E-state index contributed by atoms with van der Waals surface area (Å²) in [6.07, 6.45) is 5.20. The standard InChI is InChI=1S/C13H18Cl2O.CH4O3S/c1-2-3-4-5-10(9-16)12-7-6-11(14)8-13(12)15;1-5(2,3)4/h6-8,10,16H,2-5,9H2,1H3;1H3,(H,2,3,4). The maximum atomic E-state index is 9.38. The molecule has 21 heavy (non-hydrogen) atoms. The molecule has 0 amide bonds. The zero-order chi connectivity index (χ0) is 16.5. The molecule has 1 aromatic carbocycles. The monoisotopic (exact) mass is 356 g/mol. The lowest BCUT2D eigenvalue weighted by molar-refractivity contribution is 0.256. The quantitative estimate of drug-likeness (QED) is 0.592. The summed E-state index contributed by atoms with van der Waals surface area (Å²) in [6, 6.07) is 5.48. The molecule has 0 fully saturated rings. The summed E-state index contributed by atoms with van der Waals surface area (Å²) in [5.74, 6) is 0.135. The Kier molecular flexibility index (Phi) is 10.2. The van der Waals surface area contributed by atoms with E-state index in [1.165, 1.54) is 12.8 Å². The fraction of sp³-hybridized carbons (Fsp3) is 0.571. The van der Waals surface area contributed by atoms with Crippen LogP contribution < -0.4 is 0 Å². The number of unbranched alkanes of at least 4 members (excludes halogenated alkanes) is 2. The normalized spacial score (nSPS) is 12.5. The highest BCUT2D eigenvalue weighted by Crippen LogP contribution is 2.30. The molecule has 0 spiro atoms. The molecule has 1 aromatic rings. The van der Waals surface area contributed by atoms with Crippen molar-refractivity contribution in [1.82, 2.24) is 0 Å². The van der Waals surface area contributed by atoms with Crippen molar-refractivity contribution in [1.29, 1.82) is 0 Å². The smallest absolute Gasteiger partial charge is 0.261 e. The number of hydrogen-bond acceptors (Lipinski definition) is 3. The third-order valence-electron chi connectivity index (χ3n) is 2.78. The van der Waals surface area contributed by atoms with Gasteiger partial charge in [-0.2, -0.15) is 8.42 Å². The second kappa shape index (κ2) is 10.4. The first-order valence-electron chi connectivity index (χ1n) is 6.67. The maximum Gasteiger partial charge on any atom is 0.261 e. The zero-order valence-electron chi connectivity index (χ0n) is 12.2. The SMILES string of the molecule is CCCCCC(CO)c1ccc(Cl)cc1Cl.CS(=O)(=O)O. The summed E-state index contributed by atoms with van der Waals surface area (Å²) in [6.45, 7) is 2.31. The van der Waals surface area contributed by atoms with Crippen LogP contribution in [0.5, 0.6) is 0 Å². The summed E-state index contributed by atoms with van der Waals surface area (Å²) in [4.78, 5) is 0. The molecule has 1 unspecified atom stereocenters. The van der Waals surface area contributed by atoms with Gasteiger partial charge in [-0.25, -0.2) is 0 Å². The Hall–Kier alpha value is -0.330. The first-order chi connectivity index (χ1) is 9.69. The molecule has 122 valence electrons. The summed E-state index contributed by atoms with van der Waals surface area (Å²) in [5, 5.41) is 10.7. The highest BCUT2D eigenvalue weighted by Gasteiger charge is 2.13. The number of rotatable bonds is 6. The molecule has 7 heteroatoms. The van der Waals surface area contributed by atoms with E-state index in [0.717, 1.165) is 18.4 Å². The molecule has 0 aliphatic carbocycles. The molecule has 0 aliphatic heterocycles. The van der Waals surface area contributed by atoms with E-state index in [9.17, 15) is 13.5 Å². The summed E-state index contributed by atoms with van der Waals surface area (Å²) < 4.78 is 25.9. The minimum atomic E-state index is -3.67. The van der Waals surface area contributed by atoms with Crippen LogP contribution in [0.3, 0.4) is 0 Å².